The standard InChI is InChI=1S/C14H10ClF3OS/c15-13-5-4-12(20-13)8-11(19)7-9-2-1-3-10(6-9)14(16,17)18/h1-6H,7-8H2. The molecule has 0 bridgehead atoms. The summed E-state index contributed by atoms with van der Waals surface area (Å²) in [5, 5.41) is 0. The molecule has 0 amide bonds. The molecule has 1 aromatic carbocycles. The maximum Gasteiger partial charge on any atom is 0.416 e. The Kier molecular flexibility index (Phi) is 4.50. The van der Waals surface area contributed by atoms with Gasteiger partial charge in [0.15, 0.2) is 0 Å². The Morgan fingerprint density at radius 3 is 2.50 bits per heavy atom. The number of carbonyl (C=O) groups is 1. The molecule has 20 heavy (non-hydrogen) atoms. The largest absolute Gasteiger partial charge is 0.416 e. The Morgan fingerprint density at radius 2 is 1.90 bits per heavy atom. The van der Waals surface area contributed by atoms with Crippen LogP contribution in [0.2, 0.25) is 4.34 Å². The Labute approximate surface area is 123 Å². The van der Waals surface area contributed by atoms with Gasteiger partial charge in [-0.15, -0.1) is 11.3 Å². The van der Waals surface area contributed by atoms with E-state index in [2.05, 4.69) is 0 Å². The van der Waals surface area contributed by atoms with Crippen LogP contribution in [-0.4, -0.2) is 5.78 Å². The molecule has 106 valence electrons. The highest BCUT2D eigenvalue weighted by atomic mass is 35.5. The molecule has 0 unspecified atom stereocenters. The second-order valence-electron chi connectivity index (χ2n) is 4.30. The summed E-state index contributed by atoms with van der Waals surface area (Å²) in [4.78, 5) is 12.6. The van der Waals surface area contributed by atoms with Gasteiger partial charge in [-0.2, -0.15) is 13.2 Å². The van der Waals surface area contributed by atoms with E-state index >= 15 is 0 Å². The first-order chi connectivity index (χ1) is 9.34. The van der Waals surface area contributed by atoms with Crippen LogP contribution in [0.1, 0.15) is 16.0 Å². The van der Waals surface area contributed by atoms with Crippen molar-refractivity contribution in [2.75, 3.05) is 0 Å². The zero-order valence-electron chi connectivity index (χ0n) is 10.2. The smallest absolute Gasteiger partial charge is 0.299 e. The number of rotatable bonds is 4. The molecular formula is C14H10ClF3OS. The minimum Gasteiger partial charge on any atom is -0.299 e. The predicted octanol–water partition coefficient (Wildman–Crippen LogP) is 4.77. The van der Waals surface area contributed by atoms with E-state index in [1.54, 1.807) is 12.1 Å². The SMILES string of the molecule is O=C(Cc1cccc(C(F)(F)F)c1)Cc1ccc(Cl)s1. The van der Waals surface area contributed by atoms with E-state index in [1.165, 1.54) is 23.5 Å². The van der Waals surface area contributed by atoms with Gasteiger partial charge in [-0.05, 0) is 23.8 Å². The molecule has 0 spiro atoms. The van der Waals surface area contributed by atoms with Crippen LogP contribution in [0.3, 0.4) is 0 Å². The van der Waals surface area contributed by atoms with Crippen LogP contribution in [0.25, 0.3) is 0 Å². The fourth-order valence-corrected chi connectivity index (χ4v) is 2.90. The van der Waals surface area contributed by atoms with Crippen molar-refractivity contribution in [2.24, 2.45) is 0 Å². The quantitative estimate of drug-likeness (QED) is 0.793. The first-order valence-electron chi connectivity index (χ1n) is 5.76. The third kappa shape index (κ3) is 4.08. The lowest BCUT2D eigenvalue weighted by Gasteiger charge is -2.08. The molecule has 2 aromatic rings. The molecule has 0 radical (unpaired) electrons. The minimum absolute atomic E-state index is 0.0144. The molecule has 0 aliphatic heterocycles. The summed E-state index contributed by atoms with van der Waals surface area (Å²) < 4.78 is 38.3. The lowest BCUT2D eigenvalue weighted by molar-refractivity contribution is -0.137. The summed E-state index contributed by atoms with van der Waals surface area (Å²) in [6, 6.07) is 8.28. The van der Waals surface area contributed by atoms with E-state index in [4.69, 9.17) is 11.6 Å². The van der Waals surface area contributed by atoms with Gasteiger partial charge >= 0.3 is 6.18 Å². The number of halogens is 4. The Hall–Kier alpha value is -1.33. The summed E-state index contributed by atoms with van der Waals surface area (Å²) in [6.07, 6.45) is -4.21. The molecule has 0 saturated carbocycles. The zero-order valence-corrected chi connectivity index (χ0v) is 11.8. The molecule has 0 saturated heterocycles. The fraction of sp³-hybridized carbons (Fsp3) is 0.214. The number of hydrogen-bond acceptors (Lipinski definition) is 2. The highest BCUT2D eigenvalue weighted by molar-refractivity contribution is 7.16. The molecule has 0 atom stereocenters. The van der Waals surface area contributed by atoms with Crippen LogP contribution >= 0.6 is 22.9 Å². The Morgan fingerprint density at radius 1 is 1.15 bits per heavy atom. The van der Waals surface area contributed by atoms with Crippen molar-refractivity contribution in [2.45, 2.75) is 19.0 Å². The summed E-state index contributed by atoms with van der Waals surface area (Å²) in [6.45, 7) is 0. The van der Waals surface area contributed by atoms with Gasteiger partial charge < -0.3 is 0 Å². The van der Waals surface area contributed by atoms with E-state index in [9.17, 15) is 18.0 Å². The summed E-state index contributed by atoms with van der Waals surface area (Å²) in [7, 11) is 0. The van der Waals surface area contributed by atoms with Crippen LogP contribution in [0.4, 0.5) is 13.2 Å². The van der Waals surface area contributed by atoms with Gasteiger partial charge in [0, 0.05) is 17.7 Å². The van der Waals surface area contributed by atoms with Gasteiger partial charge in [-0.3, -0.25) is 4.79 Å². The molecular weight excluding hydrogens is 309 g/mol. The van der Waals surface area contributed by atoms with Crippen LogP contribution in [0, 0.1) is 0 Å². The van der Waals surface area contributed by atoms with Gasteiger partial charge in [-0.25, -0.2) is 0 Å². The van der Waals surface area contributed by atoms with Crippen molar-refractivity contribution in [1.82, 2.24) is 0 Å². The summed E-state index contributed by atoms with van der Waals surface area (Å²) >= 11 is 7.06. The number of ketones is 1. The first kappa shape index (κ1) is 15.1. The van der Waals surface area contributed by atoms with Gasteiger partial charge in [-0.1, -0.05) is 29.8 Å². The minimum atomic E-state index is -4.39. The van der Waals surface area contributed by atoms with Gasteiger partial charge in [0.05, 0.1) is 9.90 Å². The zero-order chi connectivity index (χ0) is 14.8. The molecule has 0 N–H and O–H groups in total. The van der Waals surface area contributed by atoms with Crippen LogP contribution in [0.15, 0.2) is 36.4 Å². The maximum absolute atomic E-state index is 12.6. The molecule has 0 aliphatic carbocycles. The van der Waals surface area contributed by atoms with Gasteiger partial charge in [0.1, 0.15) is 5.78 Å². The van der Waals surface area contributed by atoms with Crippen molar-refractivity contribution >= 4 is 28.7 Å². The monoisotopic (exact) mass is 318 g/mol. The van der Waals surface area contributed by atoms with E-state index in [0.717, 1.165) is 17.0 Å². The average Bonchev–Trinajstić information content (AvgIpc) is 2.73. The number of Topliss-reactive ketones (excluding diaryl/α,β-unsaturated/α-hetero) is 1. The molecule has 6 heteroatoms. The first-order valence-corrected chi connectivity index (χ1v) is 6.96. The van der Waals surface area contributed by atoms with E-state index in [1.807, 2.05) is 0 Å². The predicted molar refractivity (Wildman–Crippen MR) is 73.2 cm³/mol. The van der Waals surface area contributed by atoms with Crippen molar-refractivity contribution in [3.05, 3.63) is 56.7 Å². The number of benzene rings is 1. The van der Waals surface area contributed by atoms with E-state index < -0.39 is 11.7 Å². The number of alkyl halides is 3. The molecule has 0 aliphatic rings. The highest BCUT2D eigenvalue weighted by Crippen LogP contribution is 2.29. The summed E-state index contributed by atoms with van der Waals surface area (Å²) in [5.74, 6) is -0.136. The lowest BCUT2D eigenvalue weighted by atomic mass is 10.0. The van der Waals surface area contributed by atoms with E-state index in [0.29, 0.717) is 9.90 Å². The summed E-state index contributed by atoms with van der Waals surface area (Å²) in [5.41, 5.74) is -0.366. The van der Waals surface area contributed by atoms with Crippen molar-refractivity contribution in [3.8, 4) is 0 Å². The molecule has 1 aromatic heterocycles. The van der Waals surface area contributed by atoms with Crippen LogP contribution < -0.4 is 0 Å². The Balaban J connectivity index is 2.04. The van der Waals surface area contributed by atoms with E-state index in [-0.39, 0.29) is 18.6 Å². The van der Waals surface area contributed by atoms with Gasteiger partial charge in [0.25, 0.3) is 0 Å². The van der Waals surface area contributed by atoms with Crippen LogP contribution in [-0.2, 0) is 23.8 Å². The Bertz CT molecular complexity index is 619. The van der Waals surface area contributed by atoms with Crippen LogP contribution in [0.5, 0.6) is 0 Å². The van der Waals surface area contributed by atoms with Crippen molar-refractivity contribution < 1.29 is 18.0 Å². The maximum atomic E-state index is 12.6. The third-order valence-electron chi connectivity index (χ3n) is 2.66. The van der Waals surface area contributed by atoms with Crippen molar-refractivity contribution in [1.29, 1.82) is 0 Å². The van der Waals surface area contributed by atoms with Gasteiger partial charge in [0.2, 0.25) is 0 Å². The second-order valence-corrected chi connectivity index (χ2v) is 6.10. The molecule has 0 fully saturated rings. The normalized spacial score (nSPS) is 11.6. The molecule has 1 heterocycles. The number of carbonyl (C=O) groups excluding carboxylic acids is 1. The molecule has 1 nitrogen and oxygen atoms in total. The second kappa shape index (κ2) is 5.97. The topological polar surface area (TPSA) is 17.1 Å². The third-order valence-corrected chi connectivity index (χ3v) is 3.89. The molecule has 2 rings (SSSR count). The number of hydrogen-bond donors (Lipinski definition) is 0. The fourth-order valence-electron chi connectivity index (χ4n) is 1.79. The average molecular weight is 319 g/mol. The lowest BCUT2D eigenvalue weighted by Crippen LogP contribution is -2.08. The highest BCUT2D eigenvalue weighted by Gasteiger charge is 2.30. The van der Waals surface area contributed by atoms with Crippen molar-refractivity contribution in [3.63, 3.8) is 0 Å². The number of thiophene rings is 1.